The van der Waals surface area contributed by atoms with Crippen molar-refractivity contribution in [3.05, 3.63) is 68.2 Å². The predicted molar refractivity (Wildman–Crippen MR) is 87.0 cm³/mol. The maximum Gasteiger partial charge on any atom is 0.293 e. The first kappa shape index (κ1) is 14.7. The Balaban J connectivity index is 1.89. The molecule has 0 bridgehead atoms. The molecule has 0 saturated heterocycles. The average Bonchev–Trinajstić information content (AvgIpc) is 2.91. The van der Waals surface area contributed by atoms with E-state index in [-0.39, 0.29) is 18.0 Å². The number of halogens is 1. The van der Waals surface area contributed by atoms with E-state index in [4.69, 9.17) is 0 Å². The topological polar surface area (TPSA) is 63.5 Å². The molecule has 0 aliphatic carbocycles. The Bertz CT molecular complexity index is 761. The van der Waals surface area contributed by atoms with Gasteiger partial charge in [0.05, 0.1) is 11.3 Å². The second-order valence-corrected chi connectivity index (χ2v) is 6.06. The Kier molecular flexibility index (Phi) is 3.94. The van der Waals surface area contributed by atoms with Crippen LogP contribution in [0.4, 0.5) is 11.4 Å². The lowest BCUT2D eigenvalue weighted by molar-refractivity contribution is -0.384. The fourth-order valence-electron chi connectivity index (χ4n) is 2.75. The second kappa shape index (κ2) is 5.88. The van der Waals surface area contributed by atoms with Gasteiger partial charge in [-0.1, -0.05) is 40.2 Å². The van der Waals surface area contributed by atoms with Crippen molar-refractivity contribution in [3.8, 4) is 0 Å². The molecule has 22 heavy (non-hydrogen) atoms. The molecule has 5 nitrogen and oxygen atoms in total. The summed E-state index contributed by atoms with van der Waals surface area (Å²) >= 11 is 3.38. The molecule has 0 spiro atoms. The highest BCUT2D eigenvalue weighted by molar-refractivity contribution is 9.10. The number of nitrogens with zero attached hydrogens (tertiary/aromatic N) is 2. The number of nitro groups is 1. The first-order valence-electron chi connectivity index (χ1n) is 6.87. The van der Waals surface area contributed by atoms with Crippen molar-refractivity contribution >= 4 is 33.2 Å². The van der Waals surface area contributed by atoms with Crippen LogP contribution in [0.5, 0.6) is 0 Å². The summed E-state index contributed by atoms with van der Waals surface area (Å²) in [5, 5.41) is 11.2. The second-order valence-electron chi connectivity index (χ2n) is 5.14. The van der Waals surface area contributed by atoms with Crippen molar-refractivity contribution in [2.45, 2.75) is 12.8 Å². The van der Waals surface area contributed by atoms with Gasteiger partial charge in [0.2, 0.25) is 5.91 Å². The fraction of sp³-hybridized carbons (Fsp3) is 0.188. The third-order valence-corrected chi connectivity index (χ3v) is 4.21. The van der Waals surface area contributed by atoms with Gasteiger partial charge in [0.1, 0.15) is 5.69 Å². The maximum atomic E-state index is 12.6. The minimum absolute atomic E-state index is 0.00223. The molecule has 0 unspecified atom stereocenters. The summed E-state index contributed by atoms with van der Waals surface area (Å²) in [6.07, 6.45) is 0.881. The molecule has 1 aliphatic heterocycles. The monoisotopic (exact) mass is 360 g/mol. The number of hydrogen-bond donors (Lipinski definition) is 0. The molecule has 1 amide bonds. The van der Waals surface area contributed by atoms with Gasteiger partial charge in [-0.25, -0.2) is 0 Å². The van der Waals surface area contributed by atoms with E-state index in [2.05, 4.69) is 15.9 Å². The van der Waals surface area contributed by atoms with Crippen molar-refractivity contribution in [1.82, 2.24) is 0 Å². The molecule has 0 atom stereocenters. The number of nitro benzene ring substituents is 1. The molecule has 6 heteroatoms. The van der Waals surface area contributed by atoms with E-state index in [1.54, 1.807) is 6.07 Å². The van der Waals surface area contributed by atoms with Crippen molar-refractivity contribution in [2.24, 2.45) is 0 Å². The molecule has 2 aromatic rings. The first-order valence-corrected chi connectivity index (χ1v) is 7.66. The zero-order valence-electron chi connectivity index (χ0n) is 11.7. The fourth-order valence-corrected chi connectivity index (χ4v) is 3.20. The number of benzene rings is 2. The number of carbonyl (C=O) groups is 1. The van der Waals surface area contributed by atoms with Crippen LogP contribution in [0.1, 0.15) is 11.1 Å². The third-order valence-electron chi connectivity index (χ3n) is 3.72. The molecule has 0 fully saturated rings. The number of anilines is 1. The standard InChI is InChI=1S/C16H13BrN2O3/c17-13-5-1-3-11(9-13)10-15(20)18-8-7-12-4-2-6-14(16(12)18)19(21)22/h1-6,9H,7-8,10H2. The van der Waals surface area contributed by atoms with Crippen LogP contribution in [0, 0.1) is 10.1 Å². The van der Waals surface area contributed by atoms with Crippen molar-refractivity contribution in [2.75, 3.05) is 11.4 Å². The summed E-state index contributed by atoms with van der Waals surface area (Å²) in [4.78, 5) is 24.9. The van der Waals surface area contributed by atoms with Gasteiger partial charge in [-0.05, 0) is 29.7 Å². The van der Waals surface area contributed by atoms with Gasteiger partial charge in [0.25, 0.3) is 5.69 Å². The van der Waals surface area contributed by atoms with Crippen LogP contribution < -0.4 is 4.90 Å². The van der Waals surface area contributed by atoms with Crippen molar-refractivity contribution < 1.29 is 9.72 Å². The Morgan fingerprint density at radius 3 is 2.77 bits per heavy atom. The predicted octanol–water partition coefficient (Wildman–Crippen LogP) is 3.49. The number of rotatable bonds is 3. The highest BCUT2D eigenvalue weighted by Crippen LogP contribution is 2.37. The summed E-state index contributed by atoms with van der Waals surface area (Å²) in [6.45, 7) is 0.493. The van der Waals surface area contributed by atoms with Gasteiger partial charge in [-0.2, -0.15) is 0 Å². The summed E-state index contributed by atoms with van der Waals surface area (Å²) in [5.74, 6) is -0.119. The number of fused-ring (bicyclic) bond motifs is 1. The Hall–Kier alpha value is -2.21. The molecule has 3 rings (SSSR count). The van der Waals surface area contributed by atoms with Gasteiger partial charge in [-0.3, -0.25) is 14.9 Å². The lowest BCUT2D eigenvalue weighted by atomic mass is 10.1. The quantitative estimate of drug-likeness (QED) is 0.621. The third kappa shape index (κ3) is 2.74. The van der Waals surface area contributed by atoms with E-state index < -0.39 is 4.92 Å². The lowest BCUT2D eigenvalue weighted by Crippen LogP contribution is -2.30. The zero-order valence-corrected chi connectivity index (χ0v) is 13.2. The minimum atomic E-state index is -0.427. The molecule has 0 N–H and O–H groups in total. The summed E-state index contributed by atoms with van der Waals surface area (Å²) < 4.78 is 0.908. The molecule has 1 heterocycles. The molecular weight excluding hydrogens is 348 g/mol. The summed E-state index contributed by atoms with van der Waals surface area (Å²) in [6, 6.07) is 12.5. The van der Waals surface area contributed by atoms with Gasteiger partial charge < -0.3 is 4.90 Å². The number of para-hydroxylation sites is 1. The normalized spacial score (nSPS) is 13.0. The number of carbonyl (C=O) groups excluding carboxylic acids is 1. The molecule has 2 aromatic carbocycles. The maximum absolute atomic E-state index is 12.6. The van der Waals surface area contributed by atoms with E-state index in [0.29, 0.717) is 18.7 Å². The minimum Gasteiger partial charge on any atom is -0.306 e. The number of amides is 1. The highest BCUT2D eigenvalue weighted by atomic mass is 79.9. The average molecular weight is 361 g/mol. The Morgan fingerprint density at radius 1 is 1.27 bits per heavy atom. The first-order chi connectivity index (χ1) is 10.6. The molecule has 1 aliphatic rings. The van der Waals surface area contributed by atoms with Crippen molar-refractivity contribution in [3.63, 3.8) is 0 Å². The van der Waals surface area contributed by atoms with Crippen LogP contribution in [0.2, 0.25) is 0 Å². The van der Waals surface area contributed by atoms with Crippen molar-refractivity contribution in [1.29, 1.82) is 0 Å². The van der Waals surface area contributed by atoms with Crippen LogP contribution in [0.15, 0.2) is 46.9 Å². The molecule has 0 radical (unpaired) electrons. The van der Waals surface area contributed by atoms with E-state index in [1.807, 2.05) is 30.3 Å². The van der Waals surface area contributed by atoms with Gasteiger partial charge in [-0.15, -0.1) is 0 Å². The van der Waals surface area contributed by atoms with Gasteiger partial charge in [0, 0.05) is 17.1 Å². The smallest absolute Gasteiger partial charge is 0.293 e. The van der Waals surface area contributed by atoms with Crippen LogP contribution in [-0.2, 0) is 17.6 Å². The SMILES string of the molecule is O=C(Cc1cccc(Br)c1)N1CCc2cccc([N+](=O)[O-])c21. The lowest BCUT2D eigenvalue weighted by Gasteiger charge is -2.17. The summed E-state index contributed by atoms with van der Waals surface area (Å²) in [7, 11) is 0. The van der Waals surface area contributed by atoms with Crippen LogP contribution in [-0.4, -0.2) is 17.4 Å². The molecular formula is C16H13BrN2O3. The number of hydrogen-bond acceptors (Lipinski definition) is 3. The Labute approximate surface area is 135 Å². The van der Waals surface area contributed by atoms with E-state index >= 15 is 0 Å². The Morgan fingerprint density at radius 2 is 2.05 bits per heavy atom. The van der Waals surface area contributed by atoms with E-state index in [0.717, 1.165) is 15.6 Å². The van der Waals surface area contributed by atoms with Crippen LogP contribution >= 0.6 is 15.9 Å². The van der Waals surface area contributed by atoms with Gasteiger partial charge in [0.15, 0.2) is 0 Å². The van der Waals surface area contributed by atoms with Crippen LogP contribution in [0.3, 0.4) is 0 Å². The van der Waals surface area contributed by atoms with Gasteiger partial charge >= 0.3 is 0 Å². The largest absolute Gasteiger partial charge is 0.306 e. The summed E-state index contributed by atoms with van der Waals surface area (Å²) in [5.41, 5.74) is 2.19. The molecule has 0 aromatic heterocycles. The van der Waals surface area contributed by atoms with E-state index in [9.17, 15) is 14.9 Å². The highest BCUT2D eigenvalue weighted by Gasteiger charge is 2.31. The molecule has 112 valence electrons. The molecule has 0 saturated carbocycles. The van der Waals surface area contributed by atoms with Crippen LogP contribution in [0.25, 0.3) is 0 Å². The van der Waals surface area contributed by atoms with E-state index in [1.165, 1.54) is 11.0 Å². The zero-order chi connectivity index (χ0) is 15.7.